The summed E-state index contributed by atoms with van der Waals surface area (Å²) in [6, 6.07) is 11.6. The second-order valence-electron chi connectivity index (χ2n) is 5.05. The summed E-state index contributed by atoms with van der Waals surface area (Å²) in [6.45, 7) is 2.03. The van der Waals surface area contributed by atoms with Crippen LogP contribution in [-0.2, 0) is 6.54 Å². The molecule has 1 amide bonds. The SMILES string of the molecule is Cc1cc(C(=O)N(C)Cc2cccc(Cl)c2)ccc1[N+](=O)[O-]. The van der Waals surface area contributed by atoms with E-state index in [-0.39, 0.29) is 11.6 Å². The highest BCUT2D eigenvalue weighted by Crippen LogP contribution is 2.20. The topological polar surface area (TPSA) is 63.5 Å². The van der Waals surface area contributed by atoms with Crippen LogP contribution in [0.5, 0.6) is 0 Å². The van der Waals surface area contributed by atoms with Crippen molar-refractivity contribution in [2.45, 2.75) is 13.5 Å². The minimum atomic E-state index is -0.459. The van der Waals surface area contributed by atoms with Gasteiger partial charge in [-0.15, -0.1) is 0 Å². The molecule has 0 unspecified atom stereocenters. The van der Waals surface area contributed by atoms with Gasteiger partial charge in [0, 0.05) is 35.8 Å². The second-order valence-corrected chi connectivity index (χ2v) is 5.49. The van der Waals surface area contributed by atoms with Crippen LogP contribution in [-0.4, -0.2) is 22.8 Å². The molecule has 0 aliphatic rings. The lowest BCUT2D eigenvalue weighted by Crippen LogP contribution is -2.26. The molecule has 0 aliphatic carbocycles. The number of hydrogen-bond acceptors (Lipinski definition) is 3. The molecule has 0 atom stereocenters. The summed E-state index contributed by atoms with van der Waals surface area (Å²) in [4.78, 5) is 24.3. The number of amides is 1. The number of halogens is 1. The maximum atomic E-state index is 12.4. The van der Waals surface area contributed by atoms with Gasteiger partial charge in [-0.1, -0.05) is 23.7 Å². The summed E-state index contributed by atoms with van der Waals surface area (Å²) in [5.41, 5.74) is 1.82. The Kier molecular flexibility index (Phi) is 4.78. The van der Waals surface area contributed by atoms with Gasteiger partial charge in [0.15, 0.2) is 0 Å². The maximum absolute atomic E-state index is 12.4. The summed E-state index contributed by atoms with van der Waals surface area (Å²) >= 11 is 5.93. The molecule has 2 rings (SSSR count). The van der Waals surface area contributed by atoms with Gasteiger partial charge in [0.2, 0.25) is 0 Å². The molecule has 0 aliphatic heterocycles. The molecule has 0 saturated heterocycles. The summed E-state index contributed by atoms with van der Waals surface area (Å²) in [7, 11) is 1.68. The number of nitro benzene ring substituents is 1. The number of nitro groups is 1. The third-order valence-electron chi connectivity index (χ3n) is 3.30. The Morgan fingerprint density at radius 1 is 1.27 bits per heavy atom. The van der Waals surface area contributed by atoms with E-state index in [0.717, 1.165) is 5.56 Å². The number of benzene rings is 2. The van der Waals surface area contributed by atoms with Gasteiger partial charge >= 0.3 is 0 Å². The van der Waals surface area contributed by atoms with E-state index >= 15 is 0 Å². The zero-order valence-corrected chi connectivity index (χ0v) is 13.0. The summed E-state index contributed by atoms with van der Waals surface area (Å²) in [6.07, 6.45) is 0. The number of carbonyl (C=O) groups is 1. The van der Waals surface area contributed by atoms with Crippen molar-refractivity contribution in [1.82, 2.24) is 4.90 Å². The zero-order chi connectivity index (χ0) is 16.3. The average Bonchev–Trinajstić information content (AvgIpc) is 2.45. The van der Waals surface area contributed by atoms with E-state index in [0.29, 0.717) is 22.7 Å². The second kappa shape index (κ2) is 6.58. The predicted octanol–water partition coefficient (Wildman–Crippen LogP) is 3.83. The van der Waals surface area contributed by atoms with Crippen LogP contribution in [0.25, 0.3) is 0 Å². The Morgan fingerprint density at radius 3 is 2.59 bits per heavy atom. The highest BCUT2D eigenvalue weighted by Gasteiger charge is 2.16. The van der Waals surface area contributed by atoms with Crippen molar-refractivity contribution in [1.29, 1.82) is 0 Å². The Morgan fingerprint density at radius 2 is 2.00 bits per heavy atom. The van der Waals surface area contributed by atoms with Crippen LogP contribution in [0.15, 0.2) is 42.5 Å². The molecular formula is C16H15ClN2O3. The fourth-order valence-corrected chi connectivity index (χ4v) is 2.41. The Balaban J connectivity index is 2.17. The molecule has 6 heteroatoms. The van der Waals surface area contributed by atoms with Gasteiger partial charge in [0.25, 0.3) is 11.6 Å². The van der Waals surface area contributed by atoms with E-state index < -0.39 is 4.92 Å². The number of carbonyl (C=O) groups excluding carboxylic acids is 1. The first-order valence-electron chi connectivity index (χ1n) is 6.63. The van der Waals surface area contributed by atoms with Crippen LogP contribution in [0.3, 0.4) is 0 Å². The van der Waals surface area contributed by atoms with Gasteiger partial charge in [-0.3, -0.25) is 14.9 Å². The van der Waals surface area contributed by atoms with Crippen molar-refractivity contribution in [3.05, 3.63) is 74.3 Å². The van der Waals surface area contributed by atoms with E-state index in [4.69, 9.17) is 11.6 Å². The van der Waals surface area contributed by atoms with E-state index in [1.165, 1.54) is 18.2 Å². The number of aryl methyl sites for hydroxylation is 1. The molecule has 0 heterocycles. The van der Waals surface area contributed by atoms with Crippen LogP contribution in [0.4, 0.5) is 5.69 Å². The molecule has 0 aromatic heterocycles. The van der Waals surface area contributed by atoms with E-state index in [9.17, 15) is 14.9 Å². The van der Waals surface area contributed by atoms with Crippen molar-refractivity contribution in [3.8, 4) is 0 Å². The molecule has 22 heavy (non-hydrogen) atoms. The molecule has 0 saturated carbocycles. The van der Waals surface area contributed by atoms with Gasteiger partial charge in [0.1, 0.15) is 0 Å². The normalized spacial score (nSPS) is 10.3. The standard InChI is InChI=1S/C16H15ClN2O3/c1-11-8-13(6-7-15(11)19(21)22)16(20)18(2)10-12-4-3-5-14(17)9-12/h3-9H,10H2,1-2H3. The molecule has 2 aromatic rings. The lowest BCUT2D eigenvalue weighted by atomic mass is 10.1. The average molecular weight is 319 g/mol. The predicted molar refractivity (Wildman–Crippen MR) is 85.1 cm³/mol. The van der Waals surface area contributed by atoms with Crippen LogP contribution < -0.4 is 0 Å². The highest BCUT2D eigenvalue weighted by molar-refractivity contribution is 6.30. The highest BCUT2D eigenvalue weighted by atomic mass is 35.5. The third-order valence-corrected chi connectivity index (χ3v) is 3.53. The molecule has 5 nitrogen and oxygen atoms in total. The summed E-state index contributed by atoms with van der Waals surface area (Å²) in [5.74, 6) is -0.196. The smallest absolute Gasteiger partial charge is 0.272 e. The van der Waals surface area contributed by atoms with Crippen molar-refractivity contribution in [2.24, 2.45) is 0 Å². The Labute approximate surface area is 133 Å². The van der Waals surface area contributed by atoms with Crippen LogP contribution in [0, 0.1) is 17.0 Å². The lowest BCUT2D eigenvalue weighted by Gasteiger charge is -2.17. The van der Waals surface area contributed by atoms with Crippen molar-refractivity contribution in [3.63, 3.8) is 0 Å². The quantitative estimate of drug-likeness (QED) is 0.635. The summed E-state index contributed by atoms with van der Waals surface area (Å²) in [5, 5.41) is 11.4. The molecular weight excluding hydrogens is 304 g/mol. The van der Waals surface area contributed by atoms with Crippen LogP contribution >= 0.6 is 11.6 Å². The molecule has 0 bridgehead atoms. The maximum Gasteiger partial charge on any atom is 0.272 e. The Bertz CT molecular complexity index is 731. The third kappa shape index (κ3) is 3.62. The molecule has 0 spiro atoms. The van der Waals surface area contributed by atoms with Crippen molar-refractivity contribution in [2.75, 3.05) is 7.05 Å². The zero-order valence-electron chi connectivity index (χ0n) is 12.2. The first kappa shape index (κ1) is 16.0. The molecule has 114 valence electrons. The van der Waals surface area contributed by atoms with Gasteiger partial charge in [0.05, 0.1) is 4.92 Å². The molecule has 0 N–H and O–H groups in total. The first-order chi connectivity index (χ1) is 10.4. The molecule has 0 radical (unpaired) electrons. The first-order valence-corrected chi connectivity index (χ1v) is 7.01. The number of nitrogens with zero attached hydrogens (tertiary/aromatic N) is 2. The fourth-order valence-electron chi connectivity index (χ4n) is 2.19. The van der Waals surface area contributed by atoms with Gasteiger partial charge < -0.3 is 4.90 Å². The van der Waals surface area contributed by atoms with E-state index in [1.807, 2.05) is 12.1 Å². The number of rotatable bonds is 4. The van der Waals surface area contributed by atoms with Crippen LogP contribution in [0.2, 0.25) is 5.02 Å². The van der Waals surface area contributed by atoms with E-state index in [2.05, 4.69) is 0 Å². The fraction of sp³-hybridized carbons (Fsp3) is 0.188. The largest absolute Gasteiger partial charge is 0.337 e. The van der Waals surface area contributed by atoms with Crippen molar-refractivity contribution < 1.29 is 9.72 Å². The minimum absolute atomic E-state index is 0.00837. The van der Waals surface area contributed by atoms with Gasteiger partial charge in [-0.2, -0.15) is 0 Å². The molecule has 2 aromatic carbocycles. The minimum Gasteiger partial charge on any atom is -0.337 e. The monoisotopic (exact) mass is 318 g/mol. The van der Waals surface area contributed by atoms with Crippen molar-refractivity contribution >= 4 is 23.2 Å². The number of hydrogen-bond donors (Lipinski definition) is 0. The van der Waals surface area contributed by atoms with Gasteiger partial charge in [-0.25, -0.2) is 0 Å². The lowest BCUT2D eigenvalue weighted by molar-refractivity contribution is -0.385. The van der Waals surface area contributed by atoms with E-state index in [1.54, 1.807) is 31.0 Å². The Hall–Kier alpha value is -2.40. The molecule has 0 fully saturated rings. The summed E-state index contributed by atoms with van der Waals surface area (Å²) < 4.78 is 0. The van der Waals surface area contributed by atoms with Gasteiger partial charge in [-0.05, 0) is 36.8 Å². The van der Waals surface area contributed by atoms with Crippen LogP contribution in [0.1, 0.15) is 21.5 Å².